The number of hydrogen-bond acceptors (Lipinski definition) is 0. The maximum absolute atomic E-state index is 3.14. The van der Waals surface area contributed by atoms with Gasteiger partial charge in [-0.25, -0.2) is 0 Å². The molecule has 0 fully saturated rings. The SMILES string of the molecule is [CH3-].[CH3-].[Ir+3].[Y].[c-]1ccccc1-c1ccc[nH]1. The summed E-state index contributed by atoms with van der Waals surface area (Å²) in [5.41, 5.74) is 2.23. The fraction of sp³-hybridized carbons (Fsp3) is 0. The molecule has 1 aromatic carbocycles. The standard InChI is InChI=1S/C10H8N.2CH3.Ir.Y/c1-2-5-9(6-3-1)10-7-4-8-11-10;;;;/h1-5,7-8,11H;2*1H3;;/q3*-1;+3;. The zero-order valence-electron chi connectivity index (χ0n) is 8.95. The second kappa shape index (κ2) is 10.8. The average molecular weight is 453 g/mol. The molecule has 0 unspecified atom stereocenters. The van der Waals surface area contributed by atoms with Crippen molar-refractivity contribution in [3.63, 3.8) is 0 Å². The number of aromatic nitrogens is 1. The molecule has 0 saturated carbocycles. The van der Waals surface area contributed by atoms with Gasteiger partial charge in [0.2, 0.25) is 0 Å². The van der Waals surface area contributed by atoms with Crippen LogP contribution in [-0.4, -0.2) is 4.98 Å². The van der Waals surface area contributed by atoms with Crippen LogP contribution in [0.4, 0.5) is 0 Å². The molecule has 79 valence electrons. The molecule has 1 N–H and O–H groups in total. The molecule has 0 bridgehead atoms. The van der Waals surface area contributed by atoms with Crippen molar-refractivity contribution in [2.24, 2.45) is 0 Å². The zero-order chi connectivity index (χ0) is 7.52. The van der Waals surface area contributed by atoms with Crippen LogP contribution in [0.3, 0.4) is 0 Å². The number of H-pyrrole nitrogens is 1. The fourth-order valence-corrected chi connectivity index (χ4v) is 1.06. The Morgan fingerprint density at radius 3 is 2.20 bits per heavy atom. The van der Waals surface area contributed by atoms with Gasteiger partial charge < -0.3 is 19.8 Å². The van der Waals surface area contributed by atoms with Gasteiger partial charge in [0.1, 0.15) is 0 Å². The molecule has 2 rings (SSSR count). The van der Waals surface area contributed by atoms with E-state index in [4.69, 9.17) is 0 Å². The van der Waals surface area contributed by atoms with Gasteiger partial charge in [0.15, 0.2) is 0 Å². The second-order valence-electron chi connectivity index (χ2n) is 2.36. The maximum atomic E-state index is 3.14. The number of benzene rings is 1. The van der Waals surface area contributed by atoms with E-state index in [1.165, 1.54) is 0 Å². The average Bonchev–Trinajstić information content (AvgIpc) is 2.58. The van der Waals surface area contributed by atoms with E-state index in [0.29, 0.717) is 0 Å². The van der Waals surface area contributed by atoms with Crippen molar-refractivity contribution in [3.05, 3.63) is 63.5 Å². The first-order chi connectivity index (χ1) is 5.47. The predicted molar refractivity (Wildman–Crippen MR) is 57.9 cm³/mol. The van der Waals surface area contributed by atoms with Gasteiger partial charge in [-0.05, 0) is 11.9 Å². The van der Waals surface area contributed by atoms with Gasteiger partial charge in [0.05, 0.1) is 0 Å². The predicted octanol–water partition coefficient (Wildman–Crippen LogP) is 3.38. The van der Waals surface area contributed by atoms with Gasteiger partial charge in [-0.2, -0.15) is 0 Å². The van der Waals surface area contributed by atoms with Gasteiger partial charge in [0.25, 0.3) is 0 Å². The van der Waals surface area contributed by atoms with E-state index in [-0.39, 0.29) is 67.7 Å². The van der Waals surface area contributed by atoms with Crippen LogP contribution in [0.5, 0.6) is 0 Å². The minimum absolute atomic E-state index is 0. The Morgan fingerprint density at radius 2 is 1.73 bits per heavy atom. The molecular weight excluding hydrogens is 439 g/mol. The topological polar surface area (TPSA) is 15.8 Å². The summed E-state index contributed by atoms with van der Waals surface area (Å²) >= 11 is 0. The number of aromatic amines is 1. The van der Waals surface area contributed by atoms with Crippen molar-refractivity contribution >= 4 is 0 Å². The molecule has 1 radical (unpaired) electrons. The van der Waals surface area contributed by atoms with Crippen LogP contribution in [0.2, 0.25) is 0 Å². The Hall–Kier alpha value is 0.253. The molecule has 1 heterocycles. The molecule has 2 aromatic rings. The summed E-state index contributed by atoms with van der Waals surface area (Å²) in [6, 6.07) is 15.1. The van der Waals surface area contributed by atoms with E-state index in [2.05, 4.69) is 11.1 Å². The normalized spacial score (nSPS) is 7.20. The van der Waals surface area contributed by atoms with Crippen molar-refractivity contribution in [2.45, 2.75) is 0 Å². The zero-order valence-corrected chi connectivity index (χ0v) is 14.2. The molecule has 0 atom stereocenters. The third-order valence-corrected chi connectivity index (χ3v) is 1.60. The summed E-state index contributed by atoms with van der Waals surface area (Å²) in [7, 11) is 0. The maximum Gasteiger partial charge on any atom is 3.00 e. The Bertz CT molecular complexity index is 319. The molecule has 1 aromatic heterocycles. The third-order valence-electron chi connectivity index (χ3n) is 1.60. The van der Waals surface area contributed by atoms with Gasteiger partial charge in [-0.15, -0.1) is 35.9 Å². The first-order valence-electron chi connectivity index (χ1n) is 3.57. The molecule has 1 nitrogen and oxygen atoms in total. The molecule has 0 spiro atoms. The summed E-state index contributed by atoms with van der Waals surface area (Å²) in [5.74, 6) is 0. The minimum atomic E-state index is 0. The van der Waals surface area contributed by atoms with Crippen LogP contribution in [0.1, 0.15) is 0 Å². The van der Waals surface area contributed by atoms with Crippen molar-refractivity contribution < 1.29 is 52.8 Å². The Morgan fingerprint density at radius 1 is 1.00 bits per heavy atom. The van der Waals surface area contributed by atoms with E-state index in [9.17, 15) is 0 Å². The van der Waals surface area contributed by atoms with Gasteiger partial charge >= 0.3 is 20.1 Å². The van der Waals surface area contributed by atoms with Crippen molar-refractivity contribution in [1.82, 2.24) is 4.98 Å². The summed E-state index contributed by atoms with van der Waals surface area (Å²) < 4.78 is 0. The Labute approximate surface area is 131 Å². The van der Waals surface area contributed by atoms with Crippen LogP contribution in [-0.2, 0) is 52.8 Å². The van der Waals surface area contributed by atoms with E-state index < -0.39 is 0 Å². The van der Waals surface area contributed by atoms with Crippen LogP contribution >= 0.6 is 0 Å². The first kappa shape index (κ1) is 20.6. The number of hydrogen-bond donors (Lipinski definition) is 1. The van der Waals surface area contributed by atoms with E-state index >= 15 is 0 Å². The smallest absolute Gasteiger partial charge is 0.401 e. The molecule has 3 heteroatoms. The number of rotatable bonds is 1. The summed E-state index contributed by atoms with van der Waals surface area (Å²) in [4.78, 5) is 3.12. The monoisotopic (exact) mass is 454 g/mol. The summed E-state index contributed by atoms with van der Waals surface area (Å²) in [5, 5.41) is 0. The van der Waals surface area contributed by atoms with E-state index in [0.717, 1.165) is 11.3 Å². The molecular formula is C12H14IrNY. The third kappa shape index (κ3) is 5.77. The Balaban J connectivity index is -0.000000360. The van der Waals surface area contributed by atoms with Gasteiger partial charge in [-0.1, -0.05) is 12.1 Å². The second-order valence-corrected chi connectivity index (χ2v) is 2.36. The van der Waals surface area contributed by atoms with Crippen molar-refractivity contribution in [3.8, 4) is 11.3 Å². The molecule has 0 aliphatic rings. The van der Waals surface area contributed by atoms with Crippen LogP contribution < -0.4 is 0 Å². The Kier molecular flexibility index (Phi) is 14.8. The van der Waals surface area contributed by atoms with E-state index in [1.807, 2.05) is 42.6 Å². The molecule has 0 amide bonds. The minimum Gasteiger partial charge on any atom is -0.401 e. The first-order valence-corrected chi connectivity index (χ1v) is 3.57. The molecule has 15 heavy (non-hydrogen) atoms. The van der Waals surface area contributed by atoms with E-state index in [1.54, 1.807) is 0 Å². The van der Waals surface area contributed by atoms with Crippen LogP contribution in [0.15, 0.2) is 42.6 Å². The largest absolute Gasteiger partial charge is 3.00 e. The van der Waals surface area contributed by atoms with Gasteiger partial charge in [0, 0.05) is 32.7 Å². The molecule has 0 aliphatic heterocycles. The van der Waals surface area contributed by atoms with Crippen LogP contribution in [0.25, 0.3) is 11.3 Å². The quantitative estimate of drug-likeness (QED) is 0.638. The molecule has 0 saturated heterocycles. The van der Waals surface area contributed by atoms with Gasteiger partial charge in [-0.3, -0.25) is 0 Å². The fourth-order valence-electron chi connectivity index (χ4n) is 1.06. The van der Waals surface area contributed by atoms with Crippen molar-refractivity contribution in [2.75, 3.05) is 0 Å². The number of nitrogens with one attached hydrogen (secondary N) is 1. The summed E-state index contributed by atoms with van der Waals surface area (Å²) in [6.45, 7) is 0. The van der Waals surface area contributed by atoms with Crippen LogP contribution in [0, 0.1) is 20.9 Å². The molecule has 0 aliphatic carbocycles. The summed E-state index contributed by atoms with van der Waals surface area (Å²) in [6.07, 6.45) is 1.91. The van der Waals surface area contributed by atoms with Crippen molar-refractivity contribution in [1.29, 1.82) is 0 Å².